The number of hydrogen-bond donors (Lipinski definition) is 0. The smallest absolute Gasteiger partial charge is 0.221 e. The molecule has 0 bridgehead atoms. The minimum atomic E-state index is -1.51. The lowest BCUT2D eigenvalue weighted by molar-refractivity contribution is 0.279. The van der Waals surface area contributed by atoms with Crippen LogP contribution in [0.15, 0.2) is 30.3 Å². The van der Waals surface area contributed by atoms with Crippen LogP contribution in [0.1, 0.15) is 39.0 Å². The van der Waals surface area contributed by atoms with Crippen molar-refractivity contribution in [2.24, 2.45) is 0 Å². The molecule has 2 unspecified atom stereocenters. The number of hydrogen-bond acceptors (Lipinski definition) is 1. The maximum atomic E-state index is 5.99. The van der Waals surface area contributed by atoms with E-state index >= 15 is 0 Å². The summed E-state index contributed by atoms with van der Waals surface area (Å²) in [5, 5.41) is 1.45. The van der Waals surface area contributed by atoms with E-state index in [0.29, 0.717) is 0 Å². The quantitative estimate of drug-likeness (QED) is 0.612. The maximum absolute atomic E-state index is 5.99. The van der Waals surface area contributed by atoms with Gasteiger partial charge in [0.05, 0.1) is 8.07 Å². The van der Waals surface area contributed by atoms with Crippen molar-refractivity contribution in [1.29, 1.82) is 0 Å². The second-order valence-electron chi connectivity index (χ2n) is 8.04. The molecule has 2 heterocycles. The summed E-state index contributed by atoms with van der Waals surface area (Å²) in [6, 6.07) is 13.6. The molecule has 0 saturated carbocycles. The first kappa shape index (κ1) is 18.0. The third-order valence-electron chi connectivity index (χ3n) is 5.90. The highest BCUT2D eigenvalue weighted by Crippen LogP contribution is 2.36. The molecule has 1 nitrogen and oxygen atoms in total. The molecule has 2 atom stereocenters. The Labute approximate surface area is 139 Å². The summed E-state index contributed by atoms with van der Waals surface area (Å²) in [5.41, 5.74) is 1.09. The third kappa shape index (κ3) is 4.80. The zero-order chi connectivity index (χ0) is 16.1. The molecule has 2 aliphatic heterocycles. The number of rotatable bonds is 1. The van der Waals surface area contributed by atoms with E-state index in [1.54, 1.807) is 6.04 Å². The van der Waals surface area contributed by atoms with Crippen molar-refractivity contribution in [3.63, 3.8) is 0 Å². The SMILES string of the molecule is CC1CCCC[Si]1(C)C.C[Si]1(c2ccccc2)CCCCO1. The fourth-order valence-corrected chi connectivity index (χ4v) is 9.28. The van der Waals surface area contributed by atoms with E-state index in [4.69, 9.17) is 4.43 Å². The van der Waals surface area contributed by atoms with Crippen LogP contribution in [0.2, 0.25) is 37.3 Å². The highest BCUT2D eigenvalue weighted by atomic mass is 28.4. The number of benzene rings is 1. The summed E-state index contributed by atoms with van der Waals surface area (Å²) >= 11 is 0. The molecule has 0 N–H and O–H groups in total. The van der Waals surface area contributed by atoms with E-state index in [2.05, 4.69) is 56.9 Å². The predicted octanol–water partition coefficient (Wildman–Crippen LogP) is 5.55. The third-order valence-corrected chi connectivity index (χ3v) is 14.2. The Hall–Kier alpha value is -0.386. The Morgan fingerprint density at radius 3 is 2.09 bits per heavy atom. The average molecular weight is 335 g/mol. The van der Waals surface area contributed by atoms with Crippen molar-refractivity contribution >= 4 is 21.6 Å². The molecule has 0 spiro atoms. The van der Waals surface area contributed by atoms with E-state index in [9.17, 15) is 0 Å². The summed E-state index contributed by atoms with van der Waals surface area (Å²) in [6.45, 7) is 10.8. The maximum Gasteiger partial charge on any atom is 0.221 e. The molecule has 0 radical (unpaired) electrons. The van der Waals surface area contributed by atoms with Crippen molar-refractivity contribution in [3.8, 4) is 0 Å². The second-order valence-corrected chi connectivity index (χ2v) is 17.3. The van der Waals surface area contributed by atoms with Gasteiger partial charge in [-0.3, -0.25) is 0 Å². The Morgan fingerprint density at radius 1 is 0.909 bits per heavy atom. The Balaban J connectivity index is 0.000000172. The van der Waals surface area contributed by atoms with E-state index < -0.39 is 16.4 Å². The highest BCUT2D eigenvalue weighted by molar-refractivity contribution is 6.85. The van der Waals surface area contributed by atoms with Gasteiger partial charge in [-0.15, -0.1) is 0 Å². The van der Waals surface area contributed by atoms with Crippen LogP contribution in [-0.2, 0) is 4.43 Å². The minimum Gasteiger partial charge on any atom is -0.413 e. The van der Waals surface area contributed by atoms with Crippen molar-refractivity contribution in [2.75, 3.05) is 6.61 Å². The molecule has 2 fully saturated rings. The van der Waals surface area contributed by atoms with Crippen LogP contribution in [0.5, 0.6) is 0 Å². The minimum absolute atomic E-state index is 0.694. The first-order chi connectivity index (χ1) is 10.4. The molecule has 124 valence electrons. The van der Waals surface area contributed by atoms with Gasteiger partial charge >= 0.3 is 0 Å². The molecule has 22 heavy (non-hydrogen) atoms. The van der Waals surface area contributed by atoms with Crippen LogP contribution < -0.4 is 5.19 Å². The lowest BCUT2D eigenvalue weighted by Crippen LogP contribution is -2.49. The molecule has 2 saturated heterocycles. The fraction of sp³-hybridized carbons (Fsp3) is 0.684. The van der Waals surface area contributed by atoms with Crippen molar-refractivity contribution in [1.82, 2.24) is 0 Å². The summed E-state index contributed by atoms with van der Waals surface area (Å²) in [7, 11) is -2.21. The van der Waals surface area contributed by atoms with Gasteiger partial charge in [-0.1, -0.05) is 82.1 Å². The van der Waals surface area contributed by atoms with Crippen molar-refractivity contribution < 1.29 is 4.43 Å². The van der Waals surface area contributed by atoms with E-state index in [0.717, 1.165) is 12.1 Å². The van der Waals surface area contributed by atoms with Crippen LogP contribution in [-0.4, -0.2) is 23.0 Å². The summed E-state index contributed by atoms with van der Waals surface area (Å²) in [6.07, 6.45) is 7.12. The van der Waals surface area contributed by atoms with Gasteiger partial charge in [-0.25, -0.2) is 0 Å². The molecule has 1 aromatic rings. The zero-order valence-corrected chi connectivity index (χ0v) is 17.0. The van der Waals surface area contributed by atoms with Crippen LogP contribution in [0.3, 0.4) is 0 Å². The normalized spacial score (nSPS) is 31.0. The van der Waals surface area contributed by atoms with Crippen molar-refractivity contribution in [3.05, 3.63) is 30.3 Å². The molecule has 3 rings (SSSR count). The molecular weight excluding hydrogens is 300 g/mol. The largest absolute Gasteiger partial charge is 0.413 e. The molecule has 2 aliphatic rings. The highest BCUT2D eigenvalue weighted by Gasteiger charge is 2.33. The first-order valence-corrected chi connectivity index (χ1v) is 15.0. The molecule has 0 amide bonds. The van der Waals surface area contributed by atoms with Crippen LogP contribution >= 0.6 is 0 Å². The van der Waals surface area contributed by atoms with Crippen LogP contribution in [0.4, 0.5) is 0 Å². The molecule has 0 aliphatic carbocycles. The lowest BCUT2D eigenvalue weighted by atomic mass is 10.2. The predicted molar refractivity (Wildman–Crippen MR) is 103 cm³/mol. The van der Waals surface area contributed by atoms with E-state index in [1.807, 2.05) is 0 Å². The van der Waals surface area contributed by atoms with Gasteiger partial charge in [-0.05, 0) is 29.7 Å². The van der Waals surface area contributed by atoms with Gasteiger partial charge in [0.25, 0.3) is 0 Å². The van der Waals surface area contributed by atoms with Crippen LogP contribution in [0, 0.1) is 0 Å². The van der Waals surface area contributed by atoms with Crippen molar-refractivity contribution in [2.45, 2.75) is 76.3 Å². The summed E-state index contributed by atoms with van der Waals surface area (Å²) < 4.78 is 5.99. The standard InChI is InChI=1S/C11H16OSi.C8H18Si/c1-13(10-6-5-9-12-13)11-7-3-2-4-8-11;1-8-6-4-5-7-9(8,2)3/h2-4,7-8H,5-6,9-10H2,1H3;8H,4-7H2,1-3H3. The molecule has 3 heteroatoms. The molecule has 0 aromatic heterocycles. The topological polar surface area (TPSA) is 9.23 Å². The van der Waals surface area contributed by atoms with Gasteiger partial charge in [0.2, 0.25) is 8.32 Å². The lowest BCUT2D eigenvalue weighted by Gasteiger charge is -2.34. The monoisotopic (exact) mass is 334 g/mol. The second kappa shape index (κ2) is 7.93. The fourth-order valence-electron chi connectivity index (χ4n) is 3.62. The molecular formula is C19H34OSi2. The van der Waals surface area contributed by atoms with Gasteiger partial charge in [0.15, 0.2) is 0 Å². The zero-order valence-electron chi connectivity index (χ0n) is 15.0. The van der Waals surface area contributed by atoms with E-state index in [1.165, 1.54) is 43.3 Å². The summed E-state index contributed by atoms with van der Waals surface area (Å²) in [4.78, 5) is 0. The Bertz CT molecular complexity index is 438. The Kier molecular flexibility index (Phi) is 6.48. The molecule has 1 aromatic carbocycles. The first-order valence-electron chi connectivity index (χ1n) is 9.13. The Morgan fingerprint density at radius 2 is 1.59 bits per heavy atom. The van der Waals surface area contributed by atoms with E-state index in [-0.39, 0.29) is 0 Å². The van der Waals surface area contributed by atoms with Gasteiger partial charge in [0.1, 0.15) is 0 Å². The average Bonchev–Trinajstić information content (AvgIpc) is 2.53. The van der Waals surface area contributed by atoms with Crippen LogP contribution in [0.25, 0.3) is 0 Å². The van der Waals surface area contributed by atoms with Gasteiger partial charge < -0.3 is 4.43 Å². The van der Waals surface area contributed by atoms with Gasteiger partial charge in [-0.2, -0.15) is 0 Å². The van der Waals surface area contributed by atoms with Gasteiger partial charge in [0, 0.05) is 6.61 Å². The summed E-state index contributed by atoms with van der Waals surface area (Å²) in [5.74, 6) is 0.